The highest BCUT2D eigenvalue weighted by molar-refractivity contribution is 6.44. The number of halogens is 2. The van der Waals surface area contributed by atoms with Gasteiger partial charge >= 0.3 is 0 Å². The number of carbonyl (C=O) groups excluding carboxylic acids is 1. The number of anilines is 1. The molecule has 1 atom stereocenters. The topological polar surface area (TPSA) is 38.3 Å². The molecule has 5 heteroatoms. The Bertz CT molecular complexity index is 940. The van der Waals surface area contributed by atoms with Gasteiger partial charge in [-0.05, 0) is 47.5 Å². The van der Waals surface area contributed by atoms with Gasteiger partial charge in [0, 0.05) is 0 Å². The molecule has 0 spiro atoms. The molecule has 3 nitrogen and oxygen atoms in total. The summed E-state index contributed by atoms with van der Waals surface area (Å²) in [6.45, 7) is 1.86. The van der Waals surface area contributed by atoms with Crippen molar-refractivity contribution in [3.05, 3.63) is 70.2 Å². The number of methoxy groups -OCH3 is 1. The molecule has 0 fully saturated rings. The zero-order chi connectivity index (χ0) is 18.0. The maximum atomic E-state index is 12.6. The molecule has 0 aliphatic carbocycles. The highest BCUT2D eigenvalue weighted by Gasteiger charge is 2.17. The molecular weight excluding hydrogens is 357 g/mol. The maximum absolute atomic E-state index is 12.6. The Balaban J connectivity index is 1.84. The monoisotopic (exact) mass is 373 g/mol. The standard InChI is InChI=1S/C20H17Cl2NO2/c1-12(20(24)23-18-5-3-4-17(21)19(18)22)13-6-7-15-11-16(25-2)9-8-14(15)10-13/h3-12H,1-2H3,(H,23,24)/t12-/m0/s1. The average Bonchev–Trinajstić information content (AvgIpc) is 2.63. The zero-order valence-electron chi connectivity index (χ0n) is 13.8. The molecule has 3 aromatic carbocycles. The lowest BCUT2D eigenvalue weighted by atomic mass is 9.97. The van der Waals surface area contributed by atoms with E-state index in [1.54, 1.807) is 25.3 Å². The van der Waals surface area contributed by atoms with Crippen molar-refractivity contribution < 1.29 is 9.53 Å². The summed E-state index contributed by atoms with van der Waals surface area (Å²) in [5.74, 6) is 0.334. The fourth-order valence-electron chi connectivity index (χ4n) is 2.63. The molecule has 3 aromatic rings. The molecule has 0 unspecified atom stereocenters. The summed E-state index contributed by atoms with van der Waals surface area (Å²) in [4.78, 5) is 12.6. The summed E-state index contributed by atoms with van der Waals surface area (Å²) in [6, 6.07) is 17.0. The van der Waals surface area contributed by atoms with Crippen molar-refractivity contribution in [2.45, 2.75) is 12.8 Å². The molecule has 0 aromatic heterocycles. The van der Waals surface area contributed by atoms with E-state index in [2.05, 4.69) is 5.32 Å². The first-order valence-corrected chi connectivity index (χ1v) is 8.58. The Labute approximate surface area is 156 Å². The summed E-state index contributed by atoms with van der Waals surface area (Å²) in [5.41, 5.74) is 1.44. The zero-order valence-corrected chi connectivity index (χ0v) is 15.4. The predicted molar refractivity (Wildman–Crippen MR) is 104 cm³/mol. The second kappa shape index (κ2) is 7.34. The van der Waals surface area contributed by atoms with Crippen molar-refractivity contribution in [2.75, 3.05) is 12.4 Å². The fourth-order valence-corrected chi connectivity index (χ4v) is 2.98. The highest BCUT2D eigenvalue weighted by Crippen LogP contribution is 2.31. The van der Waals surface area contributed by atoms with Crippen LogP contribution in [0.25, 0.3) is 10.8 Å². The van der Waals surface area contributed by atoms with Crippen LogP contribution in [0.15, 0.2) is 54.6 Å². The van der Waals surface area contributed by atoms with Gasteiger partial charge in [-0.1, -0.05) is 53.5 Å². The van der Waals surface area contributed by atoms with Crippen molar-refractivity contribution in [1.29, 1.82) is 0 Å². The second-order valence-electron chi connectivity index (χ2n) is 5.78. The SMILES string of the molecule is COc1ccc2cc([C@H](C)C(=O)Nc3cccc(Cl)c3Cl)ccc2c1. The van der Waals surface area contributed by atoms with E-state index >= 15 is 0 Å². The number of carbonyl (C=O) groups is 1. The number of hydrogen-bond acceptors (Lipinski definition) is 2. The van der Waals surface area contributed by atoms with Crippen LogP contribution >= 0.6 is 23.2 Å². The number of hydrogen-bond donors (Lipinski definition) is 1. The number of rotatable bonds is 4. The molecule has 0 heterocycles. The third-order valence-electron chi connectivity index (χ3n) is 4.17. The summed E-state index contributed by atoms with van der Waals surface area (Å²) in [6.07, 6.45) is 0. The van der Waals surface area contributed by atoms with E-state index in [0.717, 1.165) is 22.1 Å². The van der Waals surface area contributed by atoms with Gasteiger partial charge in [0.25, 0.3) is 0 Å². The Morgan fingerprint density at radius 2 is 1.76 bits per heavy atom. The minimum atomic E-state index is -0.332. The van der Waals surface area contributed by atoms with Crippen LogP contribution in [-0.2, 0) is 4.79 Å². The third kappa shape index (κ3) is 3.73. The van der Waals surface area contributed by atoms with Crippen LogP contribution in [0.4, 0.5) is 5.69 Å². The molecule has 0 bridgehead atoms. The lowest BCUT2D eigenvalue weighted by molar-refractivity contribution is -0.117. The van der Waals surface area contributed by atoms with E-state index in [-0.39, 0.29) is 11.8 Å². The van der Waals surface area contributed by atoms with E-state index in [0.29, 0.717) is 15.7 Å². The minimum Gasteiger partial charge on any atom is -0.497 e. The molecule has 0 saturated heterocycles. The normalized spacial score (nSPS) is 12.0. The lowest BCUT2D eigenvalue weighted by Crippen LogP contribution is -2.19. The van der Waals surface area contributed by atoms with Gasteiger partial charge in [0.1, 0.15) is 5.75 Å². The third-order valence-corrected chi connectivity index (χ3v) is 4.99. The summed E-state index contributed by atoms with van der Waals surface area (Å²) in [5, 5.41) is 5.71. The molecule has 0 radical (unpaired) electrons. The van der Waals surface area contributed by atoms with Crippen LogP contribution in [0.3, 0.4) is 0 Å². The van der Waals surface area contributed by atoms with Gasteiger partial charge in [0.15, 0.2) is 0 Å². The Morgan fingerprint density at radius 1 is 1.04 bits per heavy atom. The van der Waals surface area contributed by atoms with Crippen molar-refractivity contribution >= 4 is 45.6 Å². The summed E-state index contributed by atoms with van der Waals surface area (Å²) < 4.78 is 5.24. The van der Waals surface area contributed by atoms with E-state index in [4.69, 9.17) is 27.9 Å². The molecule has 0 aliphatic rings. The van der Waals surface area contributed by atoms with Gasteiger partial charge in [-0.15, -0.1) is 0 Å². The number of nitrogens with one attached hydrogen (secondary N) is 1. The van der Waals surface area contributed by atoms with Gasteiger partial charge < -0.3 is 10.1 Å². The van der Waals surface area contributed by atoms with Crippen molar-refractivity contribution in [3.63, 3.8) is 0 Å². The van der Waals surface area contributed by atoms with Crippen LogP contribution in [0.1, 0.15) is 18.4 Å². The van der Waals surface area contributed by atoms with Crippen LogP contribution < -0.4 is 10.1 Å². The number of amides is 1. The predicted octanol–water partition coefficient (Wildman–Crippen LogP) is 5.90. The average molecular weight is 374 g/mol. The lowest BCUT2D eigenvalue weighted by Gasteiger charge is -2.15. The van der Waals surface area contributed by atoms with Gasteiger partial charge in [-0.2, -0.15) is 0 Å². The number of ether oxygens (including phenoxy) is 1. The first-order chi connectivity index (χ1) is 12.0. The fraction of sp³-hybridized carbons (Fsp3) is 0.150. The molecule has 0 aliphatic heterocycles. The van der Waals surface area contributed by atoms with Crippen molar-refractivity contribution in [1.82, 2.24) is 0 Å². The van der Waals surface area contributed by atoms with Crippen molar-refractivity contribution in [3.8, 4) is 5.75 Å². The summed E-state index contributed by atoms with van der Waals surface area (Å²) >= 11 is 12.1. The highest BCUT2D eigenvalue weighted by atomic mass is 35.5. The number of benzene rings is 3. The van der Waals surface area contributed by atoms with E-state index < -0.39 is 0 Å². The van der Waals surface area contributed by atoms with Crippen LogP contribution in [0.2, 0.25) is 10.0 Å². The molecular formula is C20H17Cl2NO2. The van der Waals surface area contributed by atoms with Crippen LogP contribution in [0.5, 0.6) is 5.75 Å². The maximum Gasteiger partial charge on any atom is 0.231 e. The van der Waals surface area contributed by atoms with E-state index in [1.165, 1.54) is 0 Å². The van der Waals surface area contributed by atoms with Gasteiger partial charge in [0.05, 0.1) is 28.8 Å². The summed E-state index contributed by atoms with van der Waals surface area (Å²) in [7, 11) is 1.64. The Morgan fingerprint density at radius 3 is 2.52 bits per heavy atom. The first kappa shape index (κ1) is 17.6. The van der Waals surface area contributed by atoms with Gasteiger partial charge in [-0.25, -0.2) is 0 Å². The molecule has 1 N–H and O–H groups in total. The van der Waals surface area contributed by atoms with E-state index in [9.17, 15) is 4.79 Å². The molecule has 25 heavy (non-hydrogen) atoms. The largest absolute Gasteiger partial charge is 0.497 e. The quantitative estimate of drug-likeness (QED) is 0.618. The molecule has 3 rings (SSSR count). The molecule has 128 valence electrons. The molecule has 0 saturated carbocycles. The minimum absolute atomic E-state index is 0.142. The smallest absolute Gasteiger partial charge is 0.231 e. The van der Waals surface area contributed by atoms with Crippen molar-refractivity contribution in [2.24, 2.45) is 0 Å². The van der Waals surface area contributed by atoms with E-state index in [1.807, 2.05) is 43.3 Å². The second-order valence-corrected chi connectivity index (χ2v) is 6.57. The van der Waals surface area contributed by atoms with Gasteiger partial charge in [0.2, 0.25) is 5.91 Å². The Hall–Kier alpha value is -2.23. The number of fused-ring (bicyclic) bond motifs is 1. The van der Waals surface area contributed by atoms with Crippen LogP contribution in [0, 0.1) is 0 Å². The van der Waals surface area contributed by atoms with Gasteiger partial charge in [-0.3, -0.25) is 4.79 Å². The van der Waals surface area contributed by atoms with Crippen LogP contribution in [-0.4, -0.2) is 13.0 Å². The molecule has 1 amide bonds. The Kier molecular flexibility index (Phi) is 5.16. The first-order valence-electron chi connectivity index (χ1n) is 7.82.